The number of hydrogen-bond donors (Lipinski definition) is 1. The molecule has 0 saturated heterocycles. The molecule has 0 bridgehead atoms. The van der Waals surface area contributed by atoms with Gasteiger partial charge in [0, 0.05) is 20.1 Å². The molecule has 1 N–H and O–H groups in total. The molecule has 0 fully saturated rings. The smallest absolute Gasteiger partial charge is 0.178 e. The third kappa shape index (κ3) is 1.81. The van der Waals surface area contributed by atoms with E-state index in [4.69, 9.17) is 9.84 Å². The van der Waals surface area contributed by atoms with Crippen molar-refractivity contribution in [3.63, 3.8) is 0 Å². The van der Waals surface area contributed by atoms with Gasteiger partial charge in [0.1, 0.15) is 5.60 Å². The van der Waals surface area contributed by atoms with Crippen LogP contribution in [-0.4, -0.2) is 30.2 Å². The number of ether oxygens (including phenoxy) is 1. The van der Waals surface area contributed by atoms with E-state index in [0.29, 0.717) is 6.42 Å². The molecule has 66 valence electrons. The third-order valence-electron chi connectivity index (χ3n) is 1.94. The highest BCUT2D eigenvalue weighted by Gasteiger charge is 2.25. The van der Waals surface area contributed by atoms with E-state index in [2.05, 4.69) is 0 Å². The van der Waals surface area contributed by atoms with Crippen molar-refractivity contribution in [1.29, 1.82) is 0 Å². The van der Waals surface area contributed by atoms with E-state index >= 15 is 0 Å². The van der Waals surface area contributed by atoms with Crippen molar-refractivity contribution in [2.45, 2.75) is 12.0 Å². The van der Waals surface area contributed by atoms with Gasteiger partial charge in [-0.3, -0.25) is 4.79 Å². The van der Waals surface area contributed by atoms with Gasteiger partial charge in [0.15, 0.2) is 5.78 Å². The predicted molar refractivity (Wildman–Crippen MR) is 44.7 cm³/mol. The maximum Gasteiger partial charge on any atom is 0.178 e. The molecule has 3 heteroatoms. The van der Waals surface area contributed by atoms with E-state index in [-0.39, 0.29) is 12.4 Å². The van der Waals surface area contributed by atoms with Crippen LogP contribution in [0.25, 0.3) is 0 Å². The number of rotatable bonds is 3. The van der Waals surface area contributed by atoms with Gasteiger partial charge in [-0.1, -0.05) is 0 Å². The molecular weight excluding hydrogens is 156 g/mol. The van der Waals surface area contributed by atoms with Crippen LogP contribution in [0.3, 0.4) is 0 Å². The number of carbonyl (C=O) groups is 1. The second kappa shape index (κ2) is 3.65. The molecule has 0 radical (unpaired) electrons. The van der Waals surface area contributed by atoms with E-state index in [1.807, 2.05) is 0 Å². The Kier molecular flexibility index (Phi) is 2.78. The minimum absolute atomic E-state index is 0.0384. The summed E-state index contributed by atoms with van der Waals surface area (Å²) in [5.41, 5.74) is -0.581. The van der Waals surface area contributed by atoms with Crippen LogP contribution in [0.1, 0.15) is 6.42 Å². The van der Waals surface area contributed by atoms with E-state index in [9.17, 15) is 4.79 Å². The molecule has 0 heterocycles. The summed E-state index contributed by atoms with van der Waals surface area (Å²) in [7, 11) is 1.56. The second-order valence-electron chi connectivity index (χ2n) is 2.70. The molecule has 1 aliphatic rings. The van der Waals surface area contributed by atoms with Gasteiger partial charge in [-0.15, -0.1) is 0 Å². The van der Waals surface area contributed by atoms with E-state index in [1.54, 1.807) is 19.3 Å². The van der Waals surface area contributed by atoms with Gasteiger partial charge in [0.25, 0.3) is 0 Å². The van der Waals surface area contributed by atoms with E-state index in [1.165, 1.54) is 12.2 Å². The van der Waals surface area contributed by atoms with Crippen molar-refractivity contribution in [3.05, 3.63) is 24.3 Å². The fraction of sp³-hybridized carbons (Fsp3) is 0.444. The largest absolute Gasteiger partial charge is 0.396 e. The fourth-order valence-electron chi connectivity index (χ4n) is 1.14. The molecule has 0 unspecified atom stereocenters. The topological polar surface area (TPSA) is 46.5 Å². The summed E-state index contributed by atoms with van der Waals surface area (Å²) < 4.78 is 5.18. The average Bonchev–Trinajstić information content (AvgIpc) is 2.10. The van der Waals surface area contributed by atoms with Crippen LogP contribution in [0.4, 0.5) is 0 Å². The van der Waals surface area contributed by atoms with Gasteiger partial charge >= 0.3 is 0 Å². The van der Waals surface area contributed by atoms with Gasteiger partial charge < -0.3 is 9.84 Å². The summed E-state index contributed by atoms with van der Waals surface area (Å²) in [6.45, 7) is 0.0384. The first-order valence-electron chi connectivity index (χ1n) is 3.81. The average molecular weight is 168 g/mol. The van der Waals surface area contributed by atoms with Crippen LogP contribution in [0, 0.1) is 0 Å². The van der Waals surface area contributed by atoms with Crippen LogP contribution < -0.4 is 0 Å². The van der Waals surface area contributed by atoms with E-state index < -0.39 is 5.60 Å². The second-order valence-corrected chi connectivity index (χ2v) is 2.70. The number of aliphatic hydroxyl groups excluding tert-OH is 1. The Labute approximate surface area is 71.3 Å². The van der Waals surface area contributed by atoms with Crippen molar-refractivity contribution in [2.24, 2.45) is 0 Å². The zero-order chi connectivity index (χ0) is 9.03. The molecule has 0 aliphatic heterocycles. The van der Waals surface area contributed by atoms with Gasteiger partial charge in [-0.25, -0.2) is 0 Å². The molecule has 0 atom stereocenters. The lowest BCUT2D eigenvalue weighted by molar-refractivity contribution is -0.110. The van der Waals surface area contributed by atoms with Crippen molar-refractivity contribution in [1.82, 2.24) is 0 Å². The van der Waals surface area contributed by atoms with Gasteiger partial charge in [-0.2, -0.15) is 0 Å². The fourth-order valence-corrected chi connectivity index (χ4v) is 1.14. The standard InChI is InChI=1S/C9H12O3/c1-12-9(6-7-10)4-2-8(11)3-5-9/h2-5,10H,6-7H2,1H3. The summed E-state index contributed by atoms with van der Waals surface area (Å²) in [6, 6.07) is 0. The Balaban J connectivity index is 2.75. The van der Waals surface area contributed by atoms with Crippen LogP contribution in [0.15, 0.2) is 24.3 Å². The molecule has 0 aromatic heterocycles. The number of allylic oxidation sites excluding steroid dienone is 2. The molecule has 1 aliphatic carbocycles. The van der Waals surface area contributed by atoms with Crippen molar-refractivity contribution < 1.29 is 14.6 Å². The monoisotopic (exact) mass is 168 g/mol. The Morgan fingerprint density at radius 1 is 1.50 bits per heavy atom. The minimum Gasteiger partial charge on any atom is -0.396 e. The highest BCUT2D eigenvalue weighted by atomic mass is 16.5. The Morgan fingerprint density at radius 2 is 2.08 bits per heavy atom. The number of methoxy groups -OCH3 is 1. The lowest BCUT2D eigenvalue weighted by Crippen LogP contribution is -2.29. The molecule has 0 amide bonds. The quantitative estimate of drug-likeness (QED) is 0.665. The zero-order valence-corrected chi connectivity index (χ0v) is 6.99. The summed E-state index contributed by atoms with van der Waals surface area (Å²) in [5.74, 6) is -0.0411. The molecule has 0 aromatic carbocycles. The molecule has 0 saturated carbocycles. The summed E-state index contributed by atoms with van der Waals surface area (Å²) in [4.78, 5) is 10.8. The first-order chi connectivity index (χ1) is 5.72. The highest BCUT2D eigenvalue weighted by Crippen LogP contribution is 2.21. The number of ketones is 1. The first-order valence-corrected chi connectivity index (χ1v) is 3.81. The minimum atomic E-state index is -0.581. The van der Waals surface area contributed by atoms with Crippen LogP contribution in [0.5, 0.6) is 0 Å². The maximum atomic E-state index is 10.8. The molecule has 3 nitrogen and oxygen atoms in total. The lowest BCUT2D eigenvalue weighted by atomic mass is 9.94. The lowest BCUT2D eigenvalue weighted by Gasteiger charge is -2.26. The predicted octanol–water partition coefficient (Wildman–Crippen LogP) is 0.449. The SMILES string of the molecule is COC1(CCO)C=CC(=O)C=C1. The Morgan fingerprint density at radius 3 is 2.50 bits per heavy atom. The van der Waals surface area contributed by atoms with Gasteiger partial charge in [0.05, 0.1) is 0 Å². The highest BCUT2D eigenvalue weighted by molar-refractivity contribution is 6.00. The normalized spacial score (nSPS) is 20.0. The van der Waals surface area contributed by atoms with E-state index in [0.717, 1.165) is 0 Å². The molecule has 0 spiro atoms. The van der Waals surface area contributed by atoms with Crippen LogP contribution >= 0.6 is 0 Å². The summed E-state index contributed by atoms with van der Waals surface area (Å²) in [5, 5.41) is 8.75. The van der Waals surface area contributed by atoms with Crippen LogP contribution in [-0.2, 0) is 9.53 Å². The maximum absolute atomic E-state index is 10.8. The van der Waals surface area contributed by atoms with Crippen LogP contribution in [0.2, 0.25) is 0 Å². The van der Waals surface area contributed by atoms with Crippen molar-refractivity contribution in [3.8, 4) is 0 Å². The zero-order valence-electron chi connectivity index (χ0n) is 6.99. The third-order valence-corrected chi connectivity index (χ3v) is 1.94. The van der Waals surface area contributed by atoms with Gasteiger partial charge in [0.2, 0.25) is 0 Å². The molecular formula is C9H12O3. The molecule has 1 rings (SSSR count). The Hall–Kier alpha value is -0.930. The number of carbonyl (C=O) groups excluding carboxylic acids is 1. The molecule has 12 heavy (non-hydrogen) atoms. The summed E-state index contributed by atoms with van der Waals surface area (Å²) >= 11 is 0. The Bertz CT molecular complexity index is 212. The molecule has 0 aromatic rings. The number of aliphatic hydroxyl groups is 1. The van der Waals surface area contributed by atoms with Gasteiger partial charge in [-0.05, 0) is 24.3 Å². The van der Waals surface area contributed by atoms with Crippen molar-refractivity contribution >= 4 is 5.78 Å². The van der Waals surface area contributed by atoms with Crippen molar-refractivity contribution in [2.75, 3.05) is 13.7 Å². The first kappa shape index (κ1) is 9.16. The number of hydrogen-bond acceptors (Lipinski definition) is 3. The summed E-state index contributed by atoms with van der Waals surface area (Å²) in [6.07, 6.45) is 6.74.